The third-order valence-corrected chi connectivity index (χ3v) is 3.02. The van der Waals surface area contributed by atoms with Gasteiger partial charge in [0.25, 0.3) is 0 Å². The van der Waals surface area contributed by atoms with Crippen LogP contribution in [0.15, 0.2) is 0 Å². The van der Waals surface area contributed by atoms with Gasteiger partial charge in [0.1, 0.15) is 5.60 Å². The molecule has 0 aromatic carbocycles. The van der Waals surface area contributed by atoms with Crippen LogP contribution in [0.4, 0.5) is 4.79 Å². The summed E-state index contributed by atoms with van der Waals surface area (Å²) in [5.41, 5.74) is -2.15. The van der Waals surface area contributed by atoms with Crippen molar-refractivity contribution in [2.24, 2.45) is 11.3 Å². The number of carbonyl (C=O) groups is 3. The van der Waals surface area contributed by atoms with Gasteiger partial charge in [-0.25, -0.2) is 4.79 Å². The van der Waals surface area contributed by atoms with Crippen molar-refractivity contribution in [2.75, 3.05) is 13.2 Å². The maximum Gasteiger partial charge on any atom is 0.407 e. The lowest BCUT2D eigenvalue weighted by Gasteiger charge is -2.20. The zero-order chi connectivity index (χ0) is 15.6. The number of carbonyl (C=O) groups excluding carboxylic acids is 2. The maximum atomic E-state index is 11.7. The largest absolute Gasteiger partial charge is 0.480 e. The summed E-state index contributed by atoms with van der Waals surface area (Å²) in [5, 5.41) is 11.7. The Kier molecular flexibility index (Phi) is 4.62. The zero-order valence-corrected chi connectivity index (χ0v) is 12.2. The molecule has 2 N–H and O–H groups in total. The van der Waals surface area contributed by atoms with E-state index in [1.807, 2.05) is 0 Å². The van der Waals surface area contributed by atoms with Gasteiger partial charge in [-0.1, -0.05) is 0 Å². The van der Waals surface area contributed by atoms with E-state index in [9.17, 15) is 19.5 Å². The zero-order valence-electron chi connectivity index (χ0n) is 12.2. The summed E-state index contributed by atoms with van der Waals surface area (Å²) in [6, 6.07) is 0. The van der Waals surface area contributed by atoms with E-state index in [0.717, 1.165) is 0 Å². The minimum atomic E-state index is -1.52. The van der Waals surface area contributed by atoms with Crippen LogP contribution in [-0.4, -0.2) is 41.9 Å². The molecule has 0 heterocycles. The third kappa shape index (κ3) is 3.61. The molecule has 1 rings (SSSR count). The average Bonchev–Trinajstić information content (AvgIpc) is 3.00. The van der Waals surface area contributed by atoms with Gasteiger partial charge in [0.2, 0.25) is 0 Å². The van der Waals surface area contributed by atoms with Crippen LogP contribution in [-0.2, 0) is 19.1 Å². The highest BCUT2D eigenvalue weighted by atomic mass is 16.6. The standard InChI is InChI=1S/C13H21NO6/c1-5-19-10(17)13(9(15)16)6-8(13)7-14-11(18)20-12(2,3)4/h8H,5-7H2,1-4H3,(H,14,18)(H,15,16)/t8-,13+/m0/s1. The lowest BCUT2D eigenvalue weighted by molar-refractivity contribution is -0.161. The number of ether oxygens (including phenoxy) is 2. The van der Waals surface area contributed by atoms with Gasteiger partial charge in [0.05, 0.1) is 6.61 Å². The summed E-state index contributed by atoms with van der Waals surface area (Å²) in [6.07, 6.45) is -0.468. The molecule has 0 aromatic rings. The summed E-state index contributed by atoms with van der Waals surface area (Å²) in [6.45, 7) is 6.99. The van der Waals surface area contributed by atoms with E-state index < -0.39 is 35.0 Å². The van der Waals surface area contributed by atoms with Crippen molar-refractivity contribution in [3.8, 4) is 0 Å². The van der Waals surface area contributed by atoms with Crippen LogP contribution in [0.3, 0.4) is 0 Å². The molecule has 0 radical (unpaired) electrons. The molecule has 7 nitrogen and oxygen atoms in total. The second kappa shape index (κ2) is 5.68. The van der Waals surface area contributed by atoms with Gasteiger partial charge in [-0.15, -0.1) is 0 Å². The van der Waals surface area contributed by atoms with Gasteiger partial charge in [0, 0.05) is 12.5 Å². The minimum absolute atomic E-state index is 0.0695. The number of carboxylic acids is 1. The van der Waals surface area contributed by atoms with Crippen LogP contribution in [0.5, 0.6) is 0 Å². The van der Waals surface area contributed by atoms with Crippen LogP contribution in [0.2, 0.25) is 0 Å². The highest BCUT2D eigenvalue weighted by molar-refractivity contribution is 6.03. The summed E-state index contributed by atoms with van der Waals surface area (Å²) in [7, 11) is 0. The van der Waals surface area contributed by atoms with Crippen molar-refractivity contribution in [1.82, 2.24) is 5.32 Å². The maximum absolute atomic E-state index is 11.7. The SMILES string of the molecule is CCOC(=O)[C@]1(C(=O)O)C[C@H]1CNC(=O)OC(C)(C)C. The first-order valence-electron chi connectivity index (χ1n) is 6.51. The number of aliphatic carboxylic acids is 1. The Morgan fingerprint density at radius 1 is 1.35 bits per heavy atom. The van der Waals surface area contributed by atoms with Crippen molar-refractivity contribution in [3.05, 3.63) is 0 Å². The molecule has 1 fully saturated rings. The fourth-order valence-electron chi connectivity index (χ4n) is 1.96. The van der Waals surface area contributed by atoms with E-state index in [4.69, 9.17) is 9.47 Å². The average molecular weight is 287 g/mol. The first kappa shape index (κ1) is 16.3. The number of nitrogens with one attached hydrogen (secondary N) is 1. The summed E-state index contributed by atoms with van der Waals surface area (Å²) in [5.74, 6) is -2.43. The number of amides is 1. The van der Waals surface area contributed by atoms with Crippen LogP contribution in [0.1, 0.15) is 34.1 Å². The molecule has 1 saturated carbocycles. The molecule has 1 aliphatic rings. The monoisotopic (exact) mass is 287 g/mol. The molecule has 20 heavy (non-hydrogen) atoms. The number of carboxylic acid groups (broad SMARTS) is 1. The summed E-state index contributed by atoms with van der Waals surface area (Å²) < 4.78 is 9.82. The van der Waals surface area contributed by atoms with E-state index in [0.29, 0.717) is 0 Å². The van der Waals surface area contributed by atoms with E-state index in [1.54, 1.807) is 27.7 Å². The molecule has 0 aliphatic heterocycles. The second-order valence-corrected chi connectivity index (χ2v) is 5.78. The van der Waals surface area contributed by atoms with Gasteiger partial charge in [0.15, 0.2) is 5.41 Å². The third-order valence-electron chi connectivity index (χ3n) is 3.02. The van der Waals surface area contributed by atoms with Gasteiger partial charge in [-0.3, -0.25) is 9.59 Å². The molecular weight excluding hydrogens is 266 g/mol. The Bertz CT molecular complexity index is 414. The predicted molar refractivity (Wildman–Crippen MR) is 69.0 cm³/mol. The van der Waals surface area contributed by atoms with E-state index in [1.165, 1.54) is 0 Å². The lowest BCUT2D eigenvalue weighted by atomic mass is 10.0. The Hall–Kier alpha value is -1.79. The molecule has 0 spiro atoms. The van der Waals surface area contributed by atoms with E-state index >= 15 is 0 Å². The fraction of sp³-hybridized carbons (Fsp3) is 0.769. The molecule has 2 atom stereocenters. The summed E-state index contributed by atoms with van der Waals surface area (Å²) >= 11 is 0. The molecular formula is C13H21NO6. The lowest BCUT2D eigenvalue weighted by Crippen LogP contribution is -2.36. The minimum Gasteiger partial charge on any atom is -0.480 e. The Morgan fingerprint density at radius 3 is 2.40 bits per heavy atom. The van der Waals surface area contributed by atoms with Crippen LogP contribution >= 0.6 is 0 Å². The highest BCUT2D eigenvalue weighted by Crippen LogP contribution is 2.53. The molecule has 0 unspecified atom stereocenters. The first-order valence-corrected chi connectivity index (χ1v) is 6.51. The van der Waals surface area contributed by atoms with Crippen LogP contribution < -0.4 is 5.32 Å². The smallest absolute Gasteiger partial charge is 0.407 e. The first-order chi connectivity index (χ1) is 9.13. The predicted octanol–water partition coefficient (Wildman–Crippen LogP) is 1.17. The van der Waals surface area contributed by atoms with Crippen molar-refractivity contribution >= 4 is 18.0 Å². The Labute approximate surface area is 117 Å². The van der Waals surface area contributed by atoms with Crippen molar-refractivity contribution in [2.45, 2.75) is 39.7 Å². The molecule has 0 saturated heterocycles. The second-order valence-electron chi connectivity index (χ2n) is 5.78. The molecule has 1 amide bonds. The quantitative estimate of drug-likeness (QED) is 0.581. The summed E-state index contributed by atoms with van der Waals surface area (Å²) in [4.78, 5) is 34.4. The van der Waals surface area contributed by atoms with E-state index in [2.05, 4.69) is 5.32 Å². The van der Waals surface area contributed by atoms with Crippen molar-refractivity contribution < 1.29 is 29.0 Å². The normalized spacial score (nSPS) is 24.7. The molecule has 7 heteroatoms. The fourth-order valence-corrected chi connectivity index (χ4v) is 1.96. The molecule has 0 bridgehead atoms. The molecule has 0 aromatic heterocycles. The number of rotatable bonds is 5. The van der Waals surface area contributed by atoms with Gasteiger partial charge >= 0.3 is 18.0 Å². The number of alkyl carbamates (subject to hydrolysis) is 1. The number of hydrogen-bond acceptors (Lipinski definition) is 5. The Morgan fingerprint density at radius 2 is 1.95 bits per heavy atom. The van der Waals surface area contributed by atoms with Crippen LogP contribution in [0, 0.1) is 11.3 Å². The number of hydrogen-bond donors (Lipinski definition) is 2. The van der Waals surface area contributed by atoms with Gasteiger partial charge in [-0.2, -0.15) is 0 Å². The van der Waals surface area contributed by atoms with Crippen molar-refractivity contribution in [3.63, 3.8) is 0 Å². The van der Waals surface area contributed by atoms with Crippen LogP contribution in [0.25, 0.3) is 0 Å². The molecule has 1 aliphatic carbocycles. The van der Waals surface area contributed by atoms with Gasteiger partial charge < -0.3 is 19.9 Å². The highest BCUT2D eigenvalue weighted by Gasteiger charge is 2.67. The number of esters is 1. The topological polar surface area (TPSA) is 102 Å². The molecule has 114 valence electrons. The van der Waals surface area contributed by atoms with Crippen molar-refractivity contribution in [1.29, 1.82) is 0 Å². The van der Waals surface area contributed by atoms with E-state index in [-0.39, 0.29) is 19.6 Å². The Balaban J connectivity index is 2.53. The van der Waals surface area contributed by atoms with Gasteiger partial charge in [-0.05, 0) is 34.1 Å².